The summed E-state index contributed by atoms with van der Waals surface area (Å²) in [7, 11) is 1.68. The second-order valence-corrected chi connectivity index (χ2v) is 7.06. The van der Waals surface area contributed by atoms with Gasteiger partial charge in [-0.1, -0.05) is 6.07 Å². The van der Waals surface area contributed by atoms with Crippen LogP contribution in [-0.4, -0.2) is 13.2 Å². The van der Waals surface area contributed by atoms with Gasteiger partial charge in [0.2, 0.25) is 0 Å². The van der Waals surface area contributed by atoms with Gasteiger partial charge in [0, 0.05) is 38.9 Å². The molecule has 1 aliphatic carbocycles. The number of ether oxygens (including phenoxy) is 2. The Morgan fingerprint density at radius 1 is 1.33 bits per heavy atom. The number of benzene rings is 1. The summed E-state index contributed by atoms with van der Waals surface area (Å²) in [5.41, 5.74) is 1.18. The Kier molecular flexibility index (Phi) is 4.83. The van der Waals surface area contributed by atoms with E-state index in [4.69, 9.17) is 9.47 Å². The van der Waals surface area contributed by atoms with Crippen LogP contribution in [-0.2, 0) is 13.2 Å². The maximum atomic E-state index is 6.00. The van der Waals surface area contributed by atoms with E-state index in [2.05, 4.69) is 38.8 Å². The third-order valence-electron chi connectivity index (χ3n) is 3.42. The summed E-state index contributed by atoms with van der Waals surface area (Å²) in [6, 6.07) is 8.81. The highest BCUT2D eigenvalue weighted by molar-refractivity contribution is 9.10. The van der Waals surface area contributed by atoms with Crippen LogP contribution in [0.5, 0.6) is 11.5 Å². The number of methoxy groups -OCH3 is 1. The molecule has 0 bridgehead atoms. The average Bonchev–Trinajstić information content (AvgIpc) is 3.24. The normalized spacial score (nSPS) is 14.2. The first-order chi connectivity index (χ1) is 10.2. The van der Waals surface area contributed by atoms with Crippen molar-refractivity contribution in [1.82, 2.24) is 5.32 Å². The van der Waals surface area contributed by atoms with Gasteiger partial charge < -0.3 is 14.8 Å². The maximum Gasteiger partial charge on any atom is 0.128 e. The highest BCUT2D eigenvalue weighted by atomic mass is 79.9. The van der Waals surface area contributed by atoms with Crippen molar-refractivity contribution in [3.8, 4) is 11.5 Å². The van der Waals surface area contributed by atoms with Gasteiger partial charge in [0.05, 0.1) is 7.11 Å². The lowest BCUT2D eigenvalue weighted by molar-refractivity contribution is 0.303. The van der Waals surface area contributed by atoms with Gasteiger partial charge in [0.15, 0.2) is 0 Å². The molecule has 5 heteroatoms. The Bertz CT molecular complexity index is 610. The van der Waals surface area contributed by atoms with E-state index >= 15 is 0 Å². The fourth-order valence-electron chi connectivity index (χ4n) is 2.06. The molecule has 0 spiro atoms. The van der Waals surface area contributed by atoms with Crippen LogP contribution in [0.1, 0.15) is 23.3 Å². The maximum absolute atomic E-state index is 6.00. The van der Waals surface area contributed by atoms with Gasteiger partial charge in [-0.15, -0.1) is 11.3 Å². The highest BCUT2D eigenvalue weighted by Crippen LogP contribution is 2.28. The molecule has 1 saturated carbocycles. The first kappa shape index (κ1) is 14.9. The van der Waals surface area contributed by atoms with Crippen LogP contribution in [0.15, 0.2) is 34.1 Å². The molecule has 0 atom stereocenters. The molecule has 21 heavy (non-hydrogen) atoms. The Morgan fingerprint density at radius 3 is 2.86 bits per heavy atom. The van der Waals surface area contributed by atoms with Crippen molar-refractivity contribution >= 4 is 27.3 Å². The Balaban J connectivity index is 1.69. The van der Waals surface area contributed by atoms with Crippen molar-refractivity contribution < 1.29 is 9.47 Å². The van der Waals surface area contributed by atoms with Crippen LogP contribution in [0.3, 0.4) is 0 Å². The molecule has 112 valence electrons. The second-order valence-electron chi connectivity index (χ2n) is 5.15. The minimum atomic E-state index is 0.583. The van der Waals surface area contributed by atoms with E-state index in [1.54, 1.807) is 18.4 Å². The number of rotatable bonds is 7. The molecule has 0 aliphatic heterocycles. The fraction of sp³-hybridized carbons (Fsp3) is 0.375. The molecule has 1 aromatic carbocycles. The molecule has 0 radical (unpaired) electrons. The summed E-state index contributed by atoms with van der Waals surface area (Å²) in [5.74, 6) is 1.72. The molecule has 3 nitrogen and oxygen atoms in total. The lowest BCUT2D eigenvalue weighted by Crippen LogP contribution is -2.16. The van der Waals surface area contributed by atoms with Gasteiger partial charge in [0.25, 0.3) is 0 Å². The summed E-state index contributed by atoms with van der Waals surface area (Å²) in [5, 5.41) is 5.60. The lowest BCUT2D eigenvalue weighted by atomic mass is 10.2. The second kappa shape index (κ2) is 6.81. The molecule has 0 amide bonds. The van der Waals surface area contributed by atoms with Crippen LogP contribution in [0.25, 0.3) is 0 Å². The number of hydrogen-bond donors (Lipinski definition) is 1. The van der Waals surface area contributed by atoms with Crippen LogP contribution in [0, 0.1) is 0 Å². The SMILES string of the molecule is COc1ccc(CNC2CC2)c(OCc2cc(Br)cs2)c1. The van der Waals surface area contributed by atoms with Crippen LogP contribution in [0.2, 0.25) is 0 Å². The molecular formula is C16H18BrNO2S. The summed E-state index contributed by atoms with van der Waals surface area (Å²) >= 11 is 5.16. The number of hydrogen-bond acceptors (Lipinski definition) is 4. The monoisotopic (exact) mass is 367 g/mol. The highest BCUT2D eigenvalue weighted by Gasteiger charge is 2.20. The molecule has 0 saturated heterocycles. The summed E-state index contributed by atoms with van der Waals surface area (Å²) in [6.07, 6.45) is 2.57. The quantitative estimate of drug-likeness (QED) is 0.788. The van der Waals surface area contributed by atoms with E-state index in [-0.39, 0.29) is 0 Å². The van der Waals surface area contributed by atoms with E-state index in [1.807, 2.05) is 12.1 Å². The summed E-state index contributed by atoms with van der Waals surface area (Å²) in [6.45, 7) is 1.43. The van der Waals surface area contributed by atoms with Crippen molar-refractivity contribution in [3.63, 3.8) is 0 Å². The van der Waals surface area contributed by atoms with Crippen LogP contribution in [0.4, 0.5) is 0 Å². The van der Waals surface area contributed by atoms with Gasteiger partial charge in [-0.2, -0.15) is 0 Å². The van der Waals surface area contributed by atoms with Gasteiger partial charge in [-0.05, 0) is 40.9 Å². The predicted octanol–water partition coefficient (Wildman–Crippen LogP) is 4.35. The van der Waals surface area contributed by atoms with Crippen molar-refractivity contribution in [2.45, 2.75) is 32.0 Å². The van der Waals surface area contributed by atoms with Gasteiger partial charge in [-0.25, -0.2) is 0 Å². The Hall–Kier alpha value is -1.04. The Morgan fingerprint density at radius 2 is 2.19 bits per heavy atom. The van der Waals surface area contributed by atoms with E-state index in [0.717, 1.165) is 22.5 Å². The molecule has 1 aromatic heterocycles. The largest absolute Gasteiger partial charge is 0.497 e. The topological polar surface area (TPSA) is 30.5 Å². The molecule has 1 N–H and O–H groups in total. The number of halogens is 1. The number of thiophene rings is 1. The van der Waals surface area contributed by atoms with E-state index < -0.39 is 0 Å². The fourth-order valence-corrected chi connectivity index (χ4v) is 3.42. The molecule has 0 unspecified atom stereocenters. The molecule has 2 aromatic rings. The first-order valence-electron chi connectivity index (χ1n) is 7.00. The summed E-state index contributed by atoms with van der Waals surface area (Å²) in [4.78, 5) is 1.20. The smallest absolute Gasteiger partial charge is 0.128 e. The standard InChI is InChI=1S/C16H18BrNO2S/c1-19-14-5-2-11(8-18-13-3-4-13)16(7-14)20-9-15-6-12(17)10-21-15/h2,5-7,10,13,18H,3-4,8-9H2,1H3. The van der Waals surface area contributed by atoms with Crippen LogP contribution < -0.4 is 14.8 Å². The zero-order valence-electron chi connectivity index (χ0n) is 11.9. The van der Waals surface area contributed by atoms with Gasteiger partial charge in [-0.3, -0.25) is 0 Å². The zero-order valence-corrected chi connectivity index (χ0v) is 14.3. The molecule has 1 heterocycles. The van der Waals surface area contributed by atoms with E-state index in [9.17, 15) is 0 Å². The predicted molar refractivity (Wildman–Crippen MR) is 89.2 cm³/mol. The van der Waals surface area contributed by atoms with Crippen molar-refractivity contribution in [3.05, 3.63) is 44.6 Å². The molecular weight excluding hydrogens is 350 g/mol. The Labute approximate surface area is 137 Å². The van der Waals surface area contributed by atoms with E-state index in [1.165, 1.54) is 23.3 Å². The van der Waals surface area contributed by atoms with Gasteiger partial charge in [0.1, 0.15) is 18.1 Å². The number of nitrogens with one attached hydrogen (secondary N) is 1. The zero-order chi connectivity index (χ0) is 14.7. The van der Waals surface area contributed by atoms with Gasteiger partial charge >= 0.3 is 0 Å². The lowest BCUT2D eigenvalue weighted by Gasteiger charge is -2.13. The minimum Gasteiger partial charge on any atom is -0.497 e. The van der Waals surface area contributed by atoms with Crippen molar-refractivity contribution in [1.29, 1.82) is 0 Å². The molecule has 1 aliphatic rings. The third-order valence-corrected chi connectivity index (χ3v) is 5.10. The van der Waals surface area contributed by atoms with Crippen LogP contribution >= 0.6 is 27.3 Å². The summed E-state index contributed by atoms with van der Waals surface area (Å²) < 4.78 is 12.4. The minimum absolute atomic E-state index is 0.583. The van der Waals surface area contributed by atoms with E-state index in [0.29, 0.717) is 12.6 Å². The van der Waals surface area contributed by atoms with Crippen molar-refractivity contribution in [2.75, 3.05) is 7.11 Å². The first-order valence-corrected chi connectivity index (χ1v) is 8.68. The molecule has 3 rings (SSSR count). The van der Waals surface area contributed by atoms with Crippen molar-refractivity contribution in [2.24, 2.45) is 0 Å². The third kappa shape index (κ3) is 4.22. The average molecular weight is 368 g/mol. The molecule has 1 fully saturated rings.